The summed E-state index contributed by atoms with van der Waals surface area (Å²) in [7, 11) is -2.44. The number of anilines is 1. The Labute approximate surface area is 161 Å². The van der Waals surface area contributed by atoms with Crippen LogP contribution in [0.25, 0.3) is 0 Å². The number of ether oxygens (including phenoxy) is 3. The van der Waals surface area contributed by atoms with Crippen LogP contribution < -0.4 is 19.5 Å². The number of sulfonamides is 1. The van der Waals surface area contributed by atoms with Crippen LogP contribution in [0.5, 0.6) is 11.5 Å². The minimum absolute atomic E-state index is 0.0130. The van der Waals surface area contributed by atoms with E-state index in [2.05, 4.69) is 10.0 Å². The summed E-state index contributed by atoms with van der Waals surface area (Å²) in [4.78, 5) is 24.5. The molecule has 2 aromatic rings. The lowest BCUT2D eigenvalue weighted by Crippen LogP contribution is -2.30. The number of fused-ring (bicyclic) bond motifs is 1. The van der Waals surface area contributed by atoms with Crippen LogP contribution in [0.15, 0.2) is 47.4 Å². The zero-order valence-electron chi connectivity index (χ0n) is 15.1. The number of carbonyl (C=O) groups is 2. The van der Waals surface area contributed by atoms with Crippen LogP contribution in [-0.4, -0.2) is 40.2 Å². The SMILES string of the molecule is CNS(=O)(=O)c1cccc(C(=O)O[C@H](C)C(=O)Nc2ccc3c(c2)OCO3)c1. The molecule has 0 radical (unpaired) electrons. The van der Waals surface area contributed by atoms with Crippen LogP contribution in [0.2, 0.25) is 0 Å². The molecular weight excluding hydrogens is 388 g/mol. The molecule has 1 atom stereocenters. The van der Waals surface area contributed by atoms with Gasteiger partial charge >= 0.3 is 5.97 Å². The fourth-order valence-electron chi connectivity index (χ4n) is 2.41. The van der Waals surface area contributed by atoms with E-state index in [1.54, 1.807) is 18.2 Å². The monoisotopic (exact) mass is 406 g/mol. The van der Waals surface area contributed by atoms with E-state index in [4.69, 9.17) is 14.2 Å². The Balaban J connectivity index is 1.65. The maximum atomic E-state index is 12.3. The molecule has 0 spiro atoms. The van der Waals surface area contributed by atoms with Gasteiger partial charge in [0.05, 0.1) is 10.5 Å². The van der Waals surface area contributed by atoms with Gasteiger partial charge in [-0.05, 0) is 44.3 Å². The van der Waals surface area contributed by atoms with E-state index in [0.29, 0.717) is 17.2 Å². The summed E-state index contributed by atoms with van der Waals surface area (Å²) in [5.41, 5.74) is 0.471. The van der Waals surface area contributed by atoms with Crippen molar-refractivity contribution in [2.24, 2.45) is 0 Å². The van der Waals surface area contributed by atoms with Crippen molar-refractivity contribution in [3.63, 3.8) is 0 Å². The molecule has 10 heteroatoms. The van der Waals surface area contributed by atoms with Crippen molar-refractivity contribution in [2.45, 2.75) is 17.9 Å². The Kier molecular flexibility index (Phi) is 5.52. The number of rotatable bonds is 6. The van der Waals surface area contributed by atoms with E-state index in [9.17, 15) is 18.0 Å². The Morgan fingerprint density at radius 2 is 1.86 bits per heavy atom. The second kappa shape index (κ2) is 7.87. The molecule has 0 saturated heterocycles. The summed E-state index contributed by atoms with van der Waals surface area (Å²) in [5.74, 6) is -0.286. The van der Waals surface area contributed by atoms with E-state index in [1.807, 2.05) is 0 Å². The first-order valence-electron chi connectivity index (χ1n) is 8.25. The average Bonchev–Trinajstić information content (AvgIpc) is 3.15. The number of esters is 1. The first-order chi connectivity index (χ1) is 13.3. The molecule has 148 valence electrons. The summed E-state index contributed by atoms with van der Waals surface area (Å²) in [6, 6.07) is 10.2. The molecule has 1 heterocycles. The van der Waals surface area contributed by atoms with E-state index in [-0.39, 0.29) is 17.3 Å². The highest BCUT2D eigenvalue weighted by Crippen LogP contribution is 2.34. The van der Waals surface area contributed by atoms with Gasteiger partial charge in [-0.25, -0.2) is 17.9 Å². The van der Waals surface area contributed by atoms with Crippen LogP contribution in [0.4, 0.5) is 5.69 Å². The Bertz CT molecular complexity index is 1020. The molecule has 1 aliphatic rings. The minimum atomic E-state index is -3.70. The topological polar surface area (TPSA) is 120 Å². The zero-order chi connectivity index (χ0) is 20.3. The summed E-state index contributed by atoms with van der Waals surface area (Å²) >= 11 is 0. The third-order valence-corrected chi connectivity index (χ3v) is 5.35. The van der Waals surface area contributed by atoms with Crippen molar-refractivity contribution in [1.82, 2.24) is 4.72 Å². The van der Waals surface area contributed by atoms with Gasteiger partial charge in [-0.1, -0.05) is 6.07 Å². The molecule has 0 saturated carbocycles. The first-order valence-corrected chi connectivity index (χ1v) is 9.73. The predicted molar refractivity (Wildman–Crippen MR) is 98.8 cm³/mol. The molecule has 28 heavy (non-hydrogen) atoms. The second-order valence-corrected chi connectivity index (χ2v) is 7.73. The summed E-state index contributed by atoms with van der Waals surface area (Å²) in [5, 5.41) is 2.62. The van der Waals surface area contributed by atoms with Crippen molar-refractivity contribution in [3.8, 4) is 11.5 Å². The highest BCUT2D eigenvalue weighted by atomic mass is 32.2. The molecule has 0 aromatic heterocycles. The first kappa shape index (κ1) is 19.6. The van der Waals surface area contributed by atoms with Gasteiger partial charge in [-0.2, -0.15) is 0 Å². The van der Waals surface area contributed by atoms with Crippen molar-refractivity contribution < 1.29 is 32.2 Å². The highest BCUT2D eigenvalue weighted by molar-refractivity contribution is 7.89. The minimum Gasteiger partial charge on any atom is -0.454 e. The Morgan fingerprint density at radius 3 is 2.61 bits per heavy atom. The molecule has 0 bridgehead atoms. The quantitative estimate of drug-likeness (QED) is 0.698. The maximum Gasteiger partial charge on any atom is 0.338 e. The van der Waals surface area contributed by atoms with Gasteiger partial charge in [0.2, 0.25) is 16.8 Å². The van der Waals surface area contributed by atoms with Crippen LogP contribution in [0.1, 0.15) is 17.3 Å². The van der Waals surface area contributed by atoms with Crippen LogP contribution in [-0.2, 0) is 19.6 Å². The molecule has 1 amide bonds. The molecule has 0 unspecified atom stereocenters. The fraction of sp³-hybridized carbons (Fsp3) is 0.222. The fourth-order valence-corrected chi connectivity index (χ4v) is 3.18. The molecule has 0 fully saturated rings. The average molecular weight is 406 g/mol. The van der Waals surface area contributed by atoms with Crippen molar-refractivity contribution in [1.29, 1.82) is 0 Å². The number of hydrogen-bond donors (Lipinski definition) is 2. The van der Waals surface area contributed by atoms with Gasteiger partial charge < -0.3 is 19.5 Å². The summed E-state index contributed by atoms with van der Waals surface area (Å²) in [6.07, 6.45) is -1.11. The van der Waals surface area contributed by atoms with Gasteiger partial charge in [0.15, 0.2) is 17.6 Å². The van der Waals surface area contributed by atoms with Crippen molar-refractivity contribution >= 4 is 27.6 Å². The normalized spacial score (nSPS) is 13.6. The van der Waals surface area contributed by atoms with Crippen molar-refractivity contribution in [2.75, 3.05) is 19.2 Å². The van der Waals surface area contributed by atoms with Gasteiger partial charge in [0.1, 0.15) is 0 Å². The molecule has 0 aliphatic carbocycles. The van der Waals surface area contributed by atoms with E-state index in [0.717, 1.165) is 0 Å². The molecule has 2 N–H and O–H groups in total. The van der Waals surface area contributed by atoms with E-state index < -0.39 is 28.0 Å². The molecular formula is C18H18N2O7S. The summed E-state index contributed by atoms with van der Waals surface area (Å²) < 4.78 is 41.4. The second-order valence-electron chi connectivity index (χ2n) is 5.84. The third kappa shape index (κ3) is 4.24. The largest absolute Gasteiger partial charge is 0.454 e. The molecule has 9 nitrogen and oxygen atoms in total. The van der Waals surface area contributed by atoms with Crippen LogP contribution in [0.3, 0.4) is 0 Å². The van der Waals surface area contributed by atoms with Gasteiger partial charge in [0.25, 0.3) is 5.91 Å². The summed E-state index contributed by atoms with van der Waals surface area (Å²) in [6.45, 7) is 1.53. The zero-order valence-corrected chi connectivity index (χ0v) is 15.9. The number of benzene rings is 2. The number of carbonyl (C=O) groups excluding carboxylic acids is 2. The maximum absolute atomic E-state index is 12.3. The number of nitrogens with one attached hydrogen (secondary N) is 2. The van der Waals surface area contributed by atoms with E-state index in [1.165, 1.54) is 38.2 Å². The standard InChI is InChI=1S/C18H18N2O7S/c1-11(17(21)20-13-6-7-15-16(9-13)26-10-25-15)27-18(22)12-4-3-5-14(8-12)28(23,24)19-2/h3-9,11,19H,10H2,1-2H3,(H,20,21)/t11-/m1/s1. The molecule has 1 aliphatic heterocycles. The van der Waals surface area contributed by atoms with Crippen molar-refractivity contribution in [3.05, 3.63) is 48.0 Å². The third-order valence-electron chi connectivity index (χ3n) is 3.94. The van der Waals surface area contributed by atoms with Gasteiger partial charge in [-0.15, -0.1) is 0 Å². The highest BCUT2D eigenvalue weighted by Gasteiger charge is 2.22. The predicted octanol–water partition coefficient (Wildman–Crippen LogP) is 1.51. The lowest BCUT2D eigenvalue weighted by molar-refractivity contribution is -0.123. The Morgan fingerprint density at radius 1 is 1.11 bits per heavy atom. The lowest BCUT2D eigenvalue weighted by atomic mass is 10.2. The van der Waals surface area contributed by atoms with Crippen LogP contribution >= 0.6 is 0 Å². The molecule has 3 rings (SSSR count). The Hall–Kier alpha value is -3.11. The smallest absolute Gasteiger partial charge is 0.338 e. The van der Waals surface area contributed by atoms with Gasteiger partial charge in [-0.3, -0.25) is 4.79 Å². The van der Waals surface area contributed by atoms with Crippen LogP contribution in [0, 0.1) is 0 Å². The van der Waals surface area contributed by atoms with Gasteiger partial charge in [0, 0.05) is 11.8 Å². The molecule has 2 aromatic carbocycles. The number of amides is 1. The van der Waals surface area contributed by atoms with E-state index >= 15 is 0 Å². The lowest BCUT2D eigenvalue weighted by Gasteiger charge is -2.14. The number of hydrogen-bond acceptors (Lipinski definition) is 7.